The maximum absolute atomic E-state index is 13.5. The Kier molecular flexibility index (Phi) is 4.24. The molecule has 5 nitrogen and oxygen atoms in total. The number of halogens is 2. The lowest BCUT2D eigenvalue weighted by atomic mass is 10.1. The van der Waals surface area contributed by atoms with E-state index >= 15 is 0 Å². The molecule has 24 heavy (non-hydrogen) atoms. The number of aromatic nitrogens is 1. The van der Waals surface area contributed by atoms with Crippen LogP contribution in [0.15, 0.2) is 53.5 Å². The third kappa shape index (κ3) is 3.24. The van der Waals surface area contributed by atoms with Gasteiger partial charge in [0, 0.05) is 17.6 Å². The molecule has 1 aromatic heterocycles. The summed E-state index contributed by atoms with van der Waals surface area (Å²) in [6, 6.07) is 9.38. The lowest BCUT2D eigenvalue weighted by molar-refractivity contribution is -0.118. The van der Waals surface area contributed by atoms with Crippen molar-refractivity contribution in [1.29, 1.82) is 0 Å². The molecular weight excluding hydrogens is 318 g/mol. The van der Waals surface area contributed by atoms with Gasteiger partial charge in [-0.15, -0.1) is 0 Å². The zero-order valence-corrected chi connectivity index (χ0v) is 12.3. The maximum Gasteiger partial charge on any atom is 0.262 e. The van der Waals surface area contributed by atoms with Gasteiger partial charge in [0.15, 0.2) is 6.61 Å². The minimum Gasteiger partial charge on any atom is -0.483 e. The van der Waals surface area contributed by atoms with Gasteiger partial charge in [0.1, 0.15) is 17.4 Å². The predicted molar refractivity (Wildman–Crippen MR) is 85.1 cm³/mol. The van der Waals surface area contributed by atoms with Crippen LogP contribution in [0.2, 0.25) is 0 Å². The number of hydrogen-bond donors (Lipinski definition) is 2. The first-order chi connectivity index (χ1) is 11.5. The molecule has 0 saturated heterocycles. The van der Waals surface area contributed by atoms with Crippen LogP contribution in [0.25, 0.3) is 10.8 Å². The Balaban J connectivity index is 1.73. The lowest BCUT2D eigenvalue weighted by Crippen LogP contribution is -2.21. The standard InChI is InChI=1S/C17H12F2N2O3/c18-10-4-5-14(13(19)8-10)21-16(22)9-24-15-3-1-2-12-11(15)6-7-20-17(12)23/h1-8H,9H2,(H,20,23)(H,21,22). The minimum absolute atomic E-state index is 0.139. The number of pyridine rings is 1. The number of hydrogen-bond acceptors (Lipinski definition) is 3. The van der Waals surface area contributed by atoms with Gasteiger partial charge in [-0.1, -0.05) is 6.07 Å². The molecule has 0 radical (unpaired) electrons. The highest BCUT2D eigenvalue weighted by Gasteiger charge is 2.10. The van der Waals surface area contributed by atoms with E-state index in [0.717, 1.165) is 12.1 Å². The van der Waals surface area contributed by atoms with E-state index in [4.69, 9.17) is 4.74 Å². The Hall–Kier alpha value is -3.22. The average molecular weight is 330 g/mol. The van der Waals surface area contributed by atoms with Crippen molar-refractivity contribution in [3.8, 4) is 5.75 Å². The van der Waals surface area contributed by atoms with E-state index in [1.54, 1.807) is 24.3 Å². The fourth-order valence-electron chi connectivity index (χ4n) is 2.24. The van der Waals surface area contributed by atoms with E-state index in [1.807, 2.05) is 0 Å². The number of H-pyrrole nitrogens is 1. The number of nitrogens with one attached hydrogen (secondary N) is 2. The van der Waals surface area contributed by atoms with Crippen LogP contribution in [0.1, 0.15) is 0 Å². The van der Waals surface area contributed by atoms with E-state index in [9.17, 15) is 18.4 Å². The molecule has 7 heteroatoms. The van der Waals surface area contributed by atoms with Crippen molar-refractivity contribution in [1.82, 2.24) is 4.98 Å². The number of benzene rings is 2. The minimum atomic E-state index is -0.875. The SMILES string of the molecule is O=C(COc1cccc2c(=O)[nH]ccc12)Nc1ccc(F)cc1F. The molecule has 1 amide bonds. The first kappa shape index (κ1) is 15.7. The van der Waals surface area contributed by atoms with E-state index in [1.165, 1.54) is 6.20 Å². The summed E-state index contributed by atoms with van der Waals surface area (Å²) in [5.41, 5.74) is -0.407. The second kappa shape index (κ2) is 6.49. The van der Waals surface area contributed by atoms with Gasteiger partial charge in [-0.25, -0.2) is 8.78 Å². The van der Waals surface area contributed by atoms with Crippen molar-refractivity contribution in [2.45, 2.75) is 0 Å². The largest absolute Gasteiger partial charge is 0.483 e. The number of aromatic amines is 1. The van der Waals surface area contributed by atoms with Crippen molar-refractivity contribution in [2.75, 3.05) is 11.9 Å². The summed E-state index contributed by atoms with van der Waals surface area (Å²) in [6.07, 6.45) is 1.48. The summed E-state index contributed by atoms with van der Waals surface area (Å²) < 4.78 is 31.7. The summed E-state index contributed by atoms with van der Waals surface area (Å²) in [5, 5.41) is 3.28. The molecule has 0 spiro atoms. The van der Waals surface area contributed by atoms with Crippen LogP contribution in [-0.4, -0.2) is 17.5 Å². The quantitative estimate of drug-likeness (QED) is 0.773. The highest BCUT2D eigenvalue weighted by Crippen LogP contribution is 2.22. The predicted octanol–water partition coefficient (Wildman–Crippen LogP) is 2.82. The van der Waals surface area contributed by atoms with Crippen molar-refractivity contribution in [3.63, 3.8) is 0 Å². The van der Waals surface area contributed by atoms with E-state index in [0.29, 0.717) is 22.6 Å². The highest BCUT2D eigenvalue weighted by molar-refractivity contribution is 5.93. The third-order valence-electron chi connectivity index (χ3n) is 3.34. The van der Waals surface area contributed by atoms with E-state index < -0.39 is 17.5 Å². The third-order valence-corrected chi connectivity index (χ3v) is 3.34. The molecule has 0 unspecified atom stereocenters. The fourth-order valence-corrected chi connectivity index (χ4v) is 2.24. The van der Waals surface area contributed by atoms with Crippen molar-refractivity contribution < 1.29 is 18.3 Å². The summed E-state index contributed by atoms with van der Waals surface area (Å²) in [4.78, 5) is 26.1. The molecule has 122 valence electrons. The van der Waals surface area contributed by atoms with Crippen LogP contribution in [0.4, 0.5) is 14.5 Å². The second-order valence-electron chi connectivity index (χ2n) is 4.99. The number of carbonyl (C=O) groups excluding carboxylic acids is 1. The molecule has 0 aliphatic heterocycles. The average Bonchev–Trinajstić information content (AvgIpc) is 2.56. The van der Waals surface area contributed by atoms with Crippen LogP contribution in [0.5, 0.6) is 5.75 Å². The fraction of sp³-hybridized carbons (Fsp3) is 0.0588. The van der Waals surface area contributed by atoms with E-state index in [2.05, 4.69) is 10.3 Å². The molecule has 2 N–H and O–H groups in total. The molecule has 0 saturated carbocycles. The van der Waals surface area contributed by atoms with Crippen molar-refractivity contribution >= 4 is 22.4 Å². The molecule has 2 aromatic carbocycles. The molecule has 0 fully saturated rings. The van der Waals surface area contributed by atoms with Crippen LogP contribution in [-0.2, 0) is 4.79 Å². The molecule has 0 atom stereocenters. The summed E-state index contributed by atoms with van der Waals surface area (Å²) in [7, 11) is 0. The Bertz CT molecular complexity index is 969. The number of amides is 1. The summed E-state index contributed by atoms with van der Waals surface area (Å²) in [5.74, 6) is -1.86. The second-order valence-corrected chi connectivity index (χ2v) is 4.99. The van der Waals surface area contributed by atoms with E-state index in [-0.39, 0.29) is 17.9 Å². The number of carbonyl (C=O) groups is 1. The monoisotopic (exact) mass is 330 g/mol. The summed E-state index contributed by atoms with van der Waals surface area (Å²) >= 11 is 0. The first-order valence-corrected chi connectivity index (χ1v) is 7.03. The van der Waals surface area contributed by atoms with Crippen LogP contribution in [0.3, 0.4) is 0 Å². The zero-order chi connectivity index (χ0) is 17.1. The molecule has 0 aliphatic rings. The number of rotatable bonds is 4. The molecule has 1 heterocycles. The zero-order valence-electron chi connectivity index (χ0n) is 12.3. The topological polar surface area (TPSA) is 71.2 Å². The Labute approximate surface area is 134 Å². The summed E-state index contributed by atoms with van der Waals surface area (Å²) in [6.45, 7) is -0.386. The number of anilines is 1. The molecular formula is C17H12F2N2O3. The Morgan fingerprint density at radius 2 is 1.96 bits per heavy atom. The lowest BCUT2D eigenvalue weighted by Gasteiger charge is -2.10. The normalized spacial score (nSPS) is 10.6. The van der Waals surface area contributed by atoms with Gasteiger partial charge in [0.25, 0.3) is 11.5 Å². The number of ether oxygens (including phenoxy) is 1. The molecule has 3 rings (SSSR count). The smallest absolute Gasteiger partial charge is 0.262 e. The van der Waals surface area contributed by atoms with Crippen LogP contribution >= 0.6 is 0 Å². The van der Waals surface area contributed by atoms with Crippen LogP contribution in [0, 0.1) is 11.6 Å². The molecule has 3 aromatic rings. The van der Waals surface area contributed by atoms with Gasteiger partial charge in [0.05, 0.1) is 11.1 Å². The van der Waals surface area contributed by atoms with Gasteiger partial charge in [-0.2, -0.15) is 0 Å². The van der Waals surface area contributed by atoms with Crippen molar-refractivity contribution in [2.24, 2.45) is 0 Å². The van der Waals surface area contributed by atoms with Gasteiger partial charge >= 0.3 is 0 Å². The van der Waals surface area contributed by atoms with Crippen LogP contribution < -0.4 is 15.6 Å². The number of fused-ring (bicyclic) bond motifs is 1. The molecule has 0 bridgehead atoms. The maximum atomic E-state index is 13.5. The first-order valence-electron chi connectivity index (χ1n) is 7.03. The Morgan fingerprint density at radius 3 is 2.75 bits per heavy atom. The van der Waals surface area contributed by atoms with Gasteiger partial charge < -0.3 is 15.0 Å². The van der Waals surface area contributed by atoms with Gasteiger partial charge in [-0.05, 0) is 30.3 Å². The molecule has 0 aliphatic carbocycles. The highest BCUT2D eigenvalue weighted by atomic mass is 19.1. The van der Waals surface area contributed by atoms with Gasteiger partial charge in [0.2, 0.25) is 0 Å². The van der Waals surface area contributed by atoms with Gasteiger partial charge in [-0.3, -0.25) is 9.59 Å². The Morgan fingerprint density at radius 1 is 1.12 bits per heavy atom. The van der Waals surface area contributed by atoms with Crippen molar-refractivity contribution in [3.05, 3.63) is 70.6 Å².